The summed E-state index contributed by atoms with van der Waals surface area (Å²) in [5.74, 6) is -0.591. The average molecular weight is 288 g/mol. The number of aromatic nitrogens is 1. The maximum absolute atomic E-state index is 12.4. The van der Waals surface area contributed by atoms with Gasteiger partial charge in [0.15, 0.2) is 0 Å². The Balaban J connectivity index is 2.22. The van der Waals surface area contributed by atoms with E-state index < -0.39 is 5.97 Å². The van der Waals surface area contributed by atoms with Crippen molar-refractivity contribution < 1.29 is 14.3 Å². The van der Waals surface area contributed by atoms with Gasteiger partial charge in [0.05, 0.1) is 6.61 Å². The van der Waals surface area contributed by atoms with Gasteiger partial charge in [0.1, 0.15) is 6.54 Å². The maximum atomic E-state index is 12.4. The minimum Gasteiger partial charge on any atom is -0.465 e. The molecule has 0 saturated heterocycles. The summed E-state index contributed by atoms with van der Waals surface area (Å²) in [6.07, 6.45) is 0. The molecule has 0 aliphatic rings. The first-order valence-corrected chi connectivity index (χ1v) is 6.94. The van der Waals surface area contributed by atoms with Gasteiger partial charge in [-0.1, -0.05) is 0 Å². The largest absolute Gasteiger partial charge is 0.465 e. The number of fused-ring (bicyclic) bond motifs is 1. The van der Waals surface area contributed by atoms with Crippen LogP contribution in [0.4, 0.5) is 0 Å². The lowest BCUT2D eigenvalue weighted by atomic mass is 10.1. The highest BCUT2D eigenvalue weighted by molar-refractivity contribution is 6.00. The number of amides is 1. The van der Waals surface area contributed by atoms with Gasteiger partial charge in [-0.05, 0) is 44.5 Å². The molecular formula is C16H20N2O3. The number of benzene rings is 1. The number of hydrogen-bond acceptors (Lipinski definition) is 3. The summed E-state index contributed by atoms with van der Waals surface area (Å²) in [7, 11) is 1.60. The van der Waals surface area contributed by atoms with Crippen molar-refractivity contribution in [1.29, 1.82) is 0 Å². The van der Waals surface area contributed by atoms with Gasteiger partial charge in [-0.2, -0.15) is 0 Å². The van der Waals surface area contributed by atoms with Gasteiger partial charge in [-0.25, -0.2) is 0 Å². The van der Waals surface area contributed by atoms with Crippen molar-refractivity contribution in [2.24, 2.45) is 0 Å². The first kappa shape index (κ1) is 15.1. The summed E-state index contributed by atoms with van der Waals surface area (Å²) in [5.41, 5.74) is 3.80. The molecule has 0 atom stereocenters. The Morgan fingerprint density at radius 2 is 2.00 bits per heavy atom. The molecule has 112 valence electrons. The summed E-state index contributed by atoms with van der Waals surface area (Å²) in [5, 5.41) is 1.03. The van der Waals surface area contributed by atoms with Crippen molar-refractivity contribution in [3.63, 3.8) is 0 Å². The molecule has 1 aromatic carbocycles. The Labute approximate surface area is 123 Å². The molecule has 1 amide bonds. The monoisotopic (exact) mass is 288 g/mol. The smallest absolute Gasteiger partial charge is 0.325 e. The Hall–Kier alpha value is -2.30. The molecule has 0 unspecified atom stereocenters. The molecule has 0 radical (unpaired) electrons. The number of carbonyl (C=O) groups is 2. The van der Waals surface area contributed by atoms with Crippen LogP contribution in [0.2, 0.25) is 0 Å². The summed E-state index contributed by atoms with van der Waals surface area (Å²) in [6.45, 7) is 6.03. The average Bonchev–Trinajstić information content (AvgIpc) is 2.73. The number of hydrogen-bond donors (Lipinski definition) is 1. The number of nitrogens with zero attached hydrogens (tertiary/aromatic N) is 1. The second-order valence-electron chi connectivity index (χ2n) is 5.10. The van der Waals surface area contributed by atoms with Crippen LogP contribution in [0.15, 0.2) is 18.2 Å². The summed E-state index contributed by atoms with van der Waals surface area (Å²) in [6, 6.07) is 5.51. The number of carbonyl (C=O) groups excluding carboxylic acids is 2. The third-order valence-electron chi connectivity index (χ3n) is 3.57. The van der Waals surface area contributed by atoms with Crippen LogP contribution >= 0.6 is 0 Å². The van der Waals surface area contributed by atoms with Crippen LogP contribution in [0.3, 0.4) is 0 Å². The van der Waals surface area contributed by atoms with Gasteiger partial charge >= 0.3 is 5.97 Å². The van der Waals surface area contributed by atoms with E-state index in [1.807, 2.05) is 26.0 Å². The highest BCUT2D eigenvalue weighted by Gasteiger charge is 2.16. The Morgan fingerprint density at radius 1 is 1.29 bits per heavy atom. The van der Waals surface area contributed by atoms with Crippen LogP contribution in [0.1, 0.15) is 28.5 Å². The van der Waals surface area contributed by atoms with E-state index in [1.54, 1.807) is 20.0 Å². The number of aryl methyl sites for hydroxylation is 2. The fraction of sp³-hybridized carbons (Fsp3) is 0.375. The van der Waals surface area contributed by atoms with Gasteiger partial charge in [-0.15, -0.1) is 0 Å². The van der Waals surface area contributed by atoms with E-state index in [2.05, 4.69) is 4.98 Å². The summed E-state index contributed by atoms with van der Waals surface area (Å²) in [4.78, 5) is 28.4. The molecule has 5 nitrogen and oxygen atoms in total. The quantitative estimate of drug-likeness (QED) is 0.879. The van der Waals surface area contributed by atoms with E-state index in [0.717, 1.165) is 22.2 Å². The van der Waals surface area contributed by atoms with Crippen molar-refractivity contribution in [1.82, 2.24) is 9.88 Å². The molecule has 0 spiro atoms. The lowest BCUT2D eigenvalue weighted by Gasteiger charge is -2.16. The number of aromatic amines is 1. The summed E-state index contributed by atoms with van der Waals surface area (Å²) >= 11 is 0. The number of esters is 1. The van der Waals surface area contributed by atoms with E-state index >= 15 is 0 Å². The standard InChI is InChI=1S/C16H20N2O3/c1-5-21-15(19)9-18(4)16(20)12-6-7-14-13(8-12)10(2)11(3)17-14/h6-8,17H,5,9H2,1-4H3. The maximum Gasteiger partial charge on any atom is 0.325 e. The summed E-state index contributed by atoms with van der Waals surface area (Å²) < 4.78 is 4.85. The molecule has 5 heteroatoms. The fourth-order valence-corrected chi connectivity index (χ4v) is 2.29. The molecule has 1 N–H and O–H groups in total. The minimum absolute atomic E-state index is 0.0458. The normalized spacial score (nSPS) is 10.7. The van der Waals surface area contributed by atoms with Gasteiger partial charge in [-0.3, -0.25) is 9.59 Å². The van der Waals surface area contributed by atoms with Crippen LogP contribution in [-0.2, 0) is 9.53 Å². The Bertz CT molecular complexity index is 688. The fourth-order valence-electron chi connectivity index (χ4n) is 2.29. The third kappa shape index (κ3) is 3.07. The van der Waals surface area contributed by atoms with E-state index in [1.165, 1.54) is 4.90 Å². The molecule has 1 heterocycles. The van der Waals surface area contributed by atoms with Crippen LogP contribution in [0.25, 0.3) is 10.9 Å². The minimum atomic E-state index is -0.400. The molecular weight excluding hydrogens is 268 g/mol. The second-order valence-corrected chi connectivity index (χ2v) is 5.10. The number of nitrogens with one attached hydrogen (secondary N) is 1. The zero-order chi connectivity index (χ0) is 15.6. The van der Waals surface area contributed by atoms with E-state index in [-0.39, 0.29) is 12.5 Å². The third-order valence-corrected chi connectivity index (χ3v) is 3.57. The number of ether oxygens (including phenoxy) is 1. The topological polar surface area (TPSA) is 62.4 Å². The van der Waals surface area contributed by atoms with Crippen molar-refractivity contribution in [3.05, 3.63) is 35.0 Å². The molecule has 0 bridgehead atoms. The molecule has 0 saturated carbocycles. The number of rotatable bonds is 4. The molecule has 1 aromatic heterocycles. The van der Waals surface area contributed by atoms with E-state index in [0.29, 0.717) is 12.2 Å². The predicted molar refractivity (Wildman–Crippen MR) is 81.4 cm³/mol. The number of H-pyrrole nitrogens is 1. The van der Waals surface area contributed by atoms with Crippen LogP contribution in [-0.4, -0.2) is 42.0 Å². The van der Waals surface area contributed by atoms with E-state index in [9.17, 15) is 9.59 Å². The van der Waals surface area contributed by atoms with Crippen molar-refractivity contribution in [2.45, 2.75) is 20.8 Å². The second kappa shape index (κ2) is 5.99. The Kier molecular flexibility index (Phi) is 4.31. The van der Waals surface area contributed by atoms with Crippen LogP contribution in [0.5, 0.6) is 0 Å². The lowest BCUT2D eigenvalue weighted by Crippen LogP contribution is -2.33. The van der Waals surface area contributed by atoms with Crippen LogP contribution < -0.4 is 0 Å². The highest BCUT2D eigenvalue weighted by atomic mass is 16.5. The van der Waals surface area contributed by atoms with Crippen molar-refractivity contribution in [2.75, 3.05) is 20.2 Å². The molecule has 0 aliphatic heterocycles. The Morgan fingerprint density at radius 3 is 2.67 bits per heavy atom. The molecule has 21 heavy (non-hydrogen) atoms. The van der Waals surface area contributed by atoms with Gasteiger partial charge in [0, 0.05) is 29.2 Å². The van der Waals surface area contributed by atoms with Crippen molar-refractivity contribution >= 4 is 22.8 Å². The van der Waals surface area contributed by atoms with Gasteiger partial charge in [0.2, 0.25) is 0 Å². The van der Waals surface area contributed by atoms with Crippen molar-refractivity contribution in [3.8, 4) is 0 Å². The number of likely N-dealkylation sites (N-methyl/N-ethyl adjacent to an activating group) is 1. The zero-order valence-corrected chi connectivity index (χ0v) is 12.8. The van der Waals surface area contributed by atoms with Gasteiger partial charge in [0.25, 0.3) is 5.91 Å². The SMILES string of the molecule is CCOC(=O)CN(C)C(=O)c1ccc2[nH]c(C)c(C)c2c1. The first-order chi connectivity index (χ1) is 9.93. The highest BCUT2D eigenvalue weighted by Crippen LogP contribution is 2.22. The van der Waals surface area contributed by atoms with Crippen LogP contribution in [0, 0.1) is 13.8 Å². The predicted octanol–water partition coefficient (Wildman–Crippen LogP) is 2.42. The van der Waals surface area contributed by atoms with Gasteiger partial charge < -0.3 is 14.6 Å². The lowest BCUT2D eigenvalue weighted by molar-refractivity contribution is -0.143. The first-order valence-electron chi connectivity index (χ1n) is 6.94. The molecule has 2 rings (SSSR count). The molecule has 0 aliphatic carbocycles. The zero-order valence-electron chi connectivity index (χ0n) is 12.8. The molecule has 0 fully saturated rings. The molecule has 2 aromatic rings. The van der Waals surface area contributed by atoms with E-state index in [4.69, 9.17) is 4.74 Å².